The van der Waals surface area contributed by atoms with Gasteiger partial charge in [0.05, 0.1) is 6.54 Å². The molecule has 1 atom stereocenters. The summed E-state index contributed by atoms with van der Waals surface area (Å²) in [6.45, 7) is 3.14. The van der Waals surface area contributed by atoms with Gasteiger partial charge in [0, 0.05) is 6.54 Å². The predicted molar refractivity (Wildman–Crippen MR) is 76.4 cm³/mol. The topological polar surface area (TPSA) is 92.9 Å². The molecule has 0 amide bonds. The highest BCUT2D eigenvalue weighted by Crippen LogP contribution is 2.13. The van der Waals surface area contributed by atoms with E-state index in [0.29, 0.717) is 17.9 Å². The van der Waals surface area contributed by atoms with Gasteiger partial charge in [0.25, 0.3) is 0 Å². The number of aliphatic carboxylic acids is 1. The van der Waals surface area contributed by atoms with Crippen LogP contribution in [0.15, 0.2) is 30.3 Å². The number of hydrogen-bond donors (Lipinski definition) is 2. The molecule has 0 aliphatic rings. The highest BCUT2D eigenvalue weighted by atomic mass is 16.4. The van der Waals surface area contributed by atoms with Crippen LogP contribution in [0.3, 0.4) is 0 Å². The summed E-state index contributed by atoms with van der Waals surface area (Å²) in [5, 5.41) is 23.8. The van der Waals surface area contributed by atoms with Crippen LogP contribution < -0.4 is 5.32 Å². The minimum atomic E-state index is -0.922. The summed E-state index contributed by atoms with van der Waals surface area (Å²) in [5.41, 5.74) is 0.706. The second kappa shape index (κ2) is 7.49. The van der Waals surface area contributed by atoms with E-state index in [4.69, 9.17) is 0 Å². The van der Waals surface area contributed by atoms with Crippen molar-refractivity contribution in [1.29, 1.82) is 0 Å². The summed E-state index contributed by atoms with van der Waals surface area (Å²) in [6, 6.07) is 8.28. The number of nitrogens with one attached hydrogen (secondary N) is 1. The van der Waals surface area contributed by atoms with Crippen molar-refractivity contribution in [3.8, 4) is 0 Å². The van der Waals surface area contributed by atoms with Gasteiger partial charge < -0.3 is 5.11 Å². The van der Waals surface area contributed by atoms with Crippen molar-refractivity contribution in [3.63, 3.8) is 0 Å². The van der Waals surface area contributed by atoms with Gasteiger partial charge in [-0.25, -0.2) is 4.68 Å². The van der Waals surface area contributed by atoms with Gasteiger partial charge in [-0.1, -0.05) is 43.7 Å². The van der Waals surface area contributed by atoms with Crippen LogP contribution in [0.2, 0.25) is 0 Å². The lowest BCUT2D eigenvalue weighted by Crippen LogP contribution is -2.29. The molecule has 2 aromatic rings. The SMILES string of the molecule is CCCCn1nnnc1CNC(C(=O)O)c1ccccc1. The van der Waals surface area contributed by atoms with Gasteiger partial charge in [-0.05, 0) is 22.4 Å². The molecule has 0 spiro atoms. The summed E-state index contributed by atoms with van der Waals surface area (Å²) in [4.78, 5) is 11.4. The van der Waals surface area contributed by atoms with Crippen LogP contribution in [0.4, 0.5) is 0 Å². The van der Waals surface area contributed by atoms with Gasteiger partial charge in [-0.2, -0.15) is 0 Å². The number of tetrazole rings is 1. The van der Waals surface area contributed by atoms with E-state index in [-0.39, 0.29) is 0 Å². The zero-order chi connectivity index (χ0) is 15.1. The molecule has 0 aliphatic carbocycles. The molecule has 1 aromatic heterocycles. The second-order valence-electron chi connectivity index (χ2n) is 4.73. The molecule has 7 heteroatoms. The zero-order valence-corrected chi connectivity index (χ0v) is 11.9. The average Bonchev–Trinajstić information content (AvgIpc) is 2.93. The number of aryl methyl sites for hydroxylation is 1. The maximum atomic E-state index is 11.4. The molecule has 0 saturated heterocycles. The molecule has 0 saturated carbocycles. The van der Waals surface area contributed by atoms with E-state index >= 15 is 0 Å². The molecule has 7 nitrogen and oxygen atoms in total. The smallest absolute Gasteiger partial charge is 0.325 e. The van der Waals surface area contributed by atoms with Crippen LogP contribution in [0.5, 0.6) is 0 Å². The first-order chi connectivity index (χ1) is 10.2. The van der Waals surface area contributed by atoms with E-state index in [1.165, 1.54) is 0 Å². The first-order valence-electron chi connectivity index (χ1n) is 6.98. The molecule has 112 valence electrons. The zero-order valence-electron chi connectivity index (χ0n) is 11.9. The summed E-state index contributed by atoms with van der Waals surface area (Å²) in [6.07, 6.45) is 2.04. The number of rotatable bonds is 8. The standard InChI is InChI=1S/C14H19N5O2/c1-2-3-9-19-12(16-17-18-19)10-15-13(14(20)21)11-7-5-4-6-8-11/h4-8,13,15H,2-3,9-10H2,1H3,(H,20,21). The Balaban J connectivity index is 2.03. The number of carboxylic acids is 1. The van der Waals surface area contributed by atoms with Crippen LogP contribution in [0.1, 0.15) is 37.2 Å². The molecule has 0 aliphatic heterocycles. The van der Waals surface area contributed by atoms with Crippen LogP contribution in [-0.2, 0) is 17.9 Å². The van der Waals surface area contributed by atoms with E-state index < -0.39 is 12.0 Å². The number of benzene rings is 1. The van der Waals surface area contributed by atoms with Crippen LogP contribution in [0, 0.1) is 0 Å². The normalized spacial score (nSPS) is 12.2. The molecule has 1 aromatic carbocycles. The average molecular weight is 289 g/mol. The van der Waals surface area contributed by atoms with E-state index in [1.807, 2.05) is 18.2 Å². The van der Waals surface area contributed by atoms with Gasteiger partial charge in [-0.3, -0.25) is 10.1 Å². The van der Waals surface area contributed by atoms with Gasteiger partial charge in [0.15, 0.2) is 5.82 Å². The highest BCUT2D eigenvalue weighted by molar-refractivity contribution is 5.75. The Bertz CT molecular complexity index is 570. The largest absolute Gasteiger partial charge is 0.480 e. The van der Waals surface area contributed by atoms with E-state index in [1.54, 1.807) is 16.8 Å². The van der Waals surface area contributed by atoms with Gasteiger partial charge >= 0.3 is 5.97 Å². The van der Waals surface area contributed by atoms with E-state index in [0.717, 1.165) is 19.4 Å². The van der Waals surface area contributed by atoms with Crippen molar-refractivity contribution >= 4 is 5.97 Å². The van der Waals surface area contributed by atoms with Crippen LogP contribution >= 0.6 is 0 Å². The maximum absolute atomic E-state index is 11.4. The third-order valence-electron chi connectivity index (χ3n) is 3.17. The fourth-order valence-corrected chi connectivity index (χ4v) is 2.02. The quantitative estimate of drug-likeness (QED) is 0.763. The summed E-state index contributed by atoms with van der Waals surface area (Å²) >= 11 is 0. The Morgan fingerprint density at radius 1 is 1.38 bits per heavy atom. The molecule has 0 bridgehead atoms. The Morgan fingerprint density at radius 3 is 2.81 bits per heavy atom. The molecule has 1 heterocycles. The third-order valence-corrected chi connectivity index (χ3v) is 3.17. The van der Waals surface area contributed by atoms with Crippen molar-refractivity contribution < 1.29 is 9.90 Å². The predicted octanol–water partition coefficient (Wildman–Crippen LogP) is 1.39. The van der Waals surface area contributed by atoms with Gasteiger partial charge in [0.1, 0.15) is 6.04 Å². The number of hydrogen-bond acceptors (Lipinski definition) is 5. The lowest BCUT2D eigenvalue weighted by atomic mass is 10.1. The lowest BCUT2D eigenvalue weighted by Gasteiger charge is -2.14. The Morgan fingerprint density at radius 2 is 2.14 bits per heavy atom. The molecule has 0 fully saturated rings. The fraction of sp³-hybridized carbons (Fsp3) is 0.429. The number of aromatic nitrogens is 4. The first kappa shape index (κ1) is 15.1. The first-order valence-corrected chi connectivity index (χ1v) is 6.98. The number of unbranched alkanes of at least 4 members (excludes halogenated alkanes) is 1. The summed E-state index contributed by atoms with van der Waals surface area (Å²) in [5.74, 6) is -0.278. The van der Waals surface area contributed by atoms with Gasteiger partial charge in [-0.15, -0.1) is 5.10 Å². The van der Waals surface area contributed by atoms with Gasteiger partial charge in [0.2, 0.25) is 0 Å². The van der Waals surface area contributed by atoms with Crippen molar-refractivity contribution in [3.05, 3.63) is 41.7 Å². The van der Waals surface area contributed by atoms with E-state index in [2.05, 4.69) is 27.8 Å². The van der Waals surface area contributed by atoms with Crippen LogP contribution in [-0.4, -0.2) is 31.3 Å². The minimum absolute atomic E-state index is 0.308. The number of nitrogens with zero attached hydrogens (tertiary/aromatic N) is 4. The van der Waals surface area contributed by atoms with Crippen molar-refractivity contribution in [2.24, 2.45) is 0 Å². The third kappa shape index (κ3) is 4.09. The van der Waals surface area contributed by atoms with Crippen molar-refractivity contribution in [2.45, 2.75) is 38.9 Å². The van der Waals surface area contributed by atoms with E-state index in [9.17, 15) is 9.90 Å². The molecule has 1 unspecified atom stereocenters. The molecule has 0 radical (unpaired) electrons. The molecule has 21 heavy (non-hydrogen) atoms. The molecular formula is C14H19N5O2. The Hall–Kier alpha value is -2.28. The summed E-state index contributed by atoms with van der Waals surface area (Å²) < 4.78 is 1.71. The fourth-order valence-electron chi connectivity index (χ4n) is 2.02. The van der Waals surface area contributed by atoms with Crippen molar-refractivity contribution in [2.75, 3.05) is 0 Å². The highest BCUT2D eigenvalue weighted by Gasteiger charge is 2.19. The van der Waals surface area contributed by atoms with Crippen LogP contribution in [0.25, 0.3) is 0 Å². The molecular weight excluding hydrogens is 270 g/mol. The maximum Gasteiger partial charge on any atom is 0.325 e. The molecule has 2 rings (SSSR count). The molecule has 2 N–H and O–H groups in total. The monoisotopic (exact) mass is 289 g/mol. The number of carboxylic acid groups (broad SMARTS) is 1. The Labute approximate surface area is 123 Å². The minimum Gasteiger partial charge on any atom is -0.480 e. The second-order valence-corrected chi connectivity index (χ2v) is 4.73. The Kier molecular flexibility index (Phi) is 5.39. The number of carbonyl (C=O) groups is 1. The summed E-state index contributed by atoms with van der Waals surface area (Å²) in [7, 11) is 0. The lowest BCUT2D eigenvalue weighted by molar-refractivity contribution is -0.139. The van der Waals surface area contributed by atoms with Crippen molar-refractivity contribution in [1.82, 2.24) is 25.5 Å².